The molecule has 0 saturated carbocycles. The Labute approximate surface area is 75.7 Å². The first kappa shape index (κ1) is 11.5. The van der Waals surface area contributed by atoms with Gasteiger partial charge in [-0.15, -0.1) is 0 Å². The van der Waals surface area contributed by atoms with E-state index < -0.39 is 0 Å². The normalized spacial score (nSPS) is 11.1. The van der Waals surface area contributed by atoms with Gasteiger partial charge in [0.15, 0.2) is 0 Å². The van der Waals surface area contributed by atoms with E-state index in [0.717, 1.165) is 12.8 Å². The van der Waals surface area contributed by atoms with Crippen molar-refractivity contribution in [1.29, 1.82) is 0 Å². The molecule has 0 aliphatic rings. The Hall–Kier alpha value is -0.530. The molecule has 0 aromatic carbocycles. The van der Waals surface area contributed by atoms with Crippen LogP contribution in [0.3, 0.4) is 0 Å². The first-order valence-electron chi connectivity index (χ1n) is 4.98. The highest BCUT2D eigenvalue weighted by Crippen LogP contribution is 2.07. The molecule has 0 aliphatic carbocycles. The number of hydrogen-bond acceptors (Lipinski definition) is 2. The fourth-order valence-corrected chi connectivity index (χ4v) is 1.21. The molecule has 0 fully saturated rings. The quantitative estimate of drug-likeness (QED) is 0.257. The van der Waals surface area contributed by atoms with Gasteiger partial charge in [-0.25, -0.2) is 0 Å². The smallest absolute Gasteiger partial charge is 0.104 e. The second-order valence-electron chi connectivity index (χ2n) is 3.13. The van der Waals surface area contributed by atoms with Crippen molar-refractivity contribution in [3.8, 4) is 0 Å². The van der Waals surface area contributed by atoms with Crippen molar-refractivity contribution in [2.75, 3.05) is 0 Å². The van der Waals surface area contributed by atoms with Crippen LogP contribution in [0.1, 0.15) is 58.3 Å². The Morgan fingerprint density at radius 1 is 1.00 bits per heavy atom. The number of nitrogens with zero attached hydrogens (tertiary/aromatic N) is 1. The maximum Gasteiger partial charge on any atom is 0.104 e. The molecule has 0 aromatic rings. The summed E-state index contributed by atoms with van der Waals surface area (Å²) >= 11 is 0. The van der Waals surface area contributed by atoms with Crippen LogP contribution in [-0.4, -0.2) is 11.4 Å². The Morgan fingerprint density at radius 3 is 2.17 bits per heavy atom. The minimum atomic E-state index is 0.796. The zero-order valence-corrected chi connectivity index (χ0v) is 8.05. The fraction of sp³-hybridized carbons (Fsp3) is 0.900. The molecule has 12 heavy (non-hydrogen) atoms. The lowest BCUT2D eigenvalue weighted by Gasteiger charge is -1.97. The largest absolute Gasteiger partial charge is 0.411 e. The van der Waals surface area contributed by atoms with Gasteiger partial charge < -0.3 is 5.21 Å². The number of unbranched alkanes of at least 4 members (excludes halogenated alkanes) is 7. The second kappa shape index (κ2) is 10.5. The minimum absolute atomic E-state index is 0.796. The molecule has 1 radical (unpaired) electrons. The van der Waals surface area contributed by atoms with Gasteiger partial charge in [0.05, 0.1) is 0 Å². The van der Waals surface area contributed by atoms with Crippen LogP contribution in [0.25, 0.3) is 0 Å². The van der Waals surface area contributed by atoms with Crippen LogP contribution in [0, 0.1) is 0 Å². The van der Waals surface area contributed by atoms with Crippen molar-refractivity contribution in [2.45, 2.75) is 58.3 Å². The zero-order chi connectivity index (χ0) is 9.07. The summed E-state index contributed by atoms with van der Waals surface area (Å²) in [6.45, 7) is 2.23. The summed E-state index contributed by atoms with van der Waals surface area (Å²) in [5.74, 6) is 0. The van der Waals surface area contributed by atoms with Crippen molar-refractivity contribution in [1.82, 2.24) is 0 Å². The Balaban J connectivity index is 2.81. The van der Waals surface area contributed by atoms with E-state index in [0.29, 0.717) is 0 Å². The summed E-state index contributed by atoms with van der Waals surface area (Å²) in [4.78, 5) is 0. The molecule has 2 heteroatoms. The molecule has 0 aliphatic heterocycles. The number of hydrogen-bond donors (Lipinski definition) is 1. The monoisotopic (exact) mass is 170 g/mol. The third kappa shape index (κ3) is 9.47. The molecular formula is C10H20NO. The second-order valence-corrected chi connectivity index (χ2v) is 3.13. The average molecular weight is 170 g/mol. The van der Waals surface area contributed by atoms with Crippen LogP contribution in [0.15, 0.2) is 5.16 Å². The van der Waals surface area contributed by atoms with Gasteiger partial charge in [0.1, 0.15) is 6.21 Å². The van der Waals surface area contributed by atoms with Crippen molar-refractivity contribution in [2.24, 2.45) is 5.16 Å². The van der Waals surface area contributed by atoms with Gasteiger partial charge >= 0.3 is 0 Å². The highest BCUT2D eigenvalue weighted by atomic mass is 16.4. The highest BCUT2D eigenvalue weighted by Gasteiger charge is 1.89. The Morgan fingerprint density at radius 2 is 1.58 bits per heavy atom. The first-order chi connectivity index (χ1) is 5.91. The average Bonchev–Trinajstić information content (AvgIpc) is 2.10. The summed E-state index contributed by atoms with van der Waals surface area (Å²) in [6, 6.07) is 0. The predicted molar refractivity (Wildman–Crippen MR) is 51.8 cm³/mol. The molecule has 0 bridgehead atoms. The molecule has 0 heterocycles. The lowest BCUT2D eigenvalue weighted by molar-refractivity contribution is 0.320. The van der Waals surface area contributed by atoms with E-state index in [9.17, 15) is 0 Å². The lowest BCUT2D eigenvalue weighted by atomic mass is 10.1. The topological polar surface area (TPSA) is 32.6 Å². The van der Waals surface area contributed by atoms with Crippen LogP contribution in [0.2, 0.25) is 0 Å². The molecule has 0 amide bonds. The maximum absolute atomic E-state index is 8.05. The molecule has 0 aromatic heterocycles. The molecule has 0 saturated heterocycles. The van der Waals surface area contributed by atoms with Crippen LogP contribution < -0.4 is 0 Å². The summed E-state index contributed by atoms with van der Waals surface area (Å²) in [5, 5.41) is 10.9. The van der Waals surface area contributed by atoms with Gasteiger partial charge in [-0.05, 0) is 12.8 Å². The van der Waals surface area contributed by atoms with Crippen molar-refractivity contribution in [3.63, 3.8) is 0 Å². The number of rotatable bonds is 8. The first-order valence-corrected chi connectivity index (χ1v) is 4.98. The van der Waals surface area contributed by atoms with Gasteiger partial charge in [0.2, 0.25) is 0 Å². The Bertz CT molecular complexity index is 102. The zero-order valence-electron chi connectivity index (χ0n) is 8.05. The van der Waals surface area contributed by atoms with E-state index in [-0.39, 0.29) is 0 Å². The summed E-state index contributed by atoms with van der Waals surface area (Å²) < 4.78 is 0. The summed E-state index contributed by atoms with van der Waals surface area (Å²) in [5.41, 5.74) is 0. The third-order valence-electron chi connectivity index (χ3n) is 1.96. The van der Waals surface area contributed by atoms with E-state index in [1.54, 1.807) is 0 Å². The van der Waals surface area contributed by atoms with E-state index >= 15 is 0 Å². The van der Waals surface area contributed by atoms with Crippen LogP contribution in [-0.2, 0) is 0 Å². The van der Waals surface area contributed by atoms with E-state index in [2.05, 4.69) is 18.3 Å². The molecular weight excluding hydrogens is 150 g/mol. The predicted octanol–water partition coefficient (Wildman–Crippen LogP) is 3.46. The van der Waals surface area contributed by atoms with Gasteiger partial charge in [-0.2, -0.15) is 0 Å². The lowest BCUT2D eigenvalue weighted by Crippen LogP contribution is -1.80. The molecule has 0 spiro atoms. The SMILES string of the molecule is CCCCCCCCC/[C]=N/O. The molecule has 1 N–H and O–H groups in total. The van der Waals surface area contributed by atoms with E-state index in [4.69, 9.17) is 5.21 Å². The van der Waals surface area contributed by atoms with Crippen molar-refractivity contribution in [3.05, 3.63) is 0 Å². The summed E-state index contributed by atoms with van der Waals surface area (Å²) in [7, 11) is 0. The van der Waals surface area contributed by atoms with Gasteiger partial charge in [-0.1, -0.05) is 50.6 Å². The Kier molecular flexibility index (Phi) is 10.0. The van der Waals surface area contributed by atoms with Crippen LogP contribution >= 0.6 is 0 Å². The molecule has 0 unspecified atom stereocenters. The molecule has 0 atom stereocenters. The molecule has 2 nitrogen and oxygen atoms in total. The highest BCUT2D eigenvalue weighted by molar-refractivity contribution is 5.55. The van der Waals surface area contributed by atoms with Gasteiger partial charge in [0.25, 0.3) is 0 Å². The van der Waals surface area contributed by atoms with Gasteiger partial charge in [0, 0.05) is 0 Å². The van der Waals surface area contributed by atoms with Crippen LogP contribution in [0.5, 0.6) is 0 Å². The maximum atomic E-state index is 8.05. The third-order valence-corrected chi connectivity index (χ3v) is 1.96. The fourth-order valence-electron chi connectivity index (χ4n) is 1.21. The van der Waals surface area contributed by atoms with E-state index in [1.165, 1.54) is 38.5 Å². The summed E-state index contributed by atoms with van der Waals surface area (Å²) in [6.07, 6.45) is 12.4. The molecule has 71 valence electrons. The van der Waals surface area contributed by atoms with Crippen LogP contribution in [0.4, 0.5) is 0 Å². The molecule has 0 rings (SSSR count). The van der Waals surface area contributed by atoms with Gasteiger partial charge in [-0.3, -0.25) is 0 Å². The van der Waals surface area contributed by atoms with Crippen molar-refractivity contribution >= 4 is 6.21 Å². The standard InChI is InChI=1S/C10H20NO/c1-2-3-4-5-6-7-8-9-10-11-12/h12H,2-9H2,1H3. The minimum Gasteiger partial charge on any atom is -0.411 e. The van der Waals surface area contributed by atoms with Crippen molar-refractivity contribution < 1.29 is 5.21 Å². The van der Waals surface area contributed by atoms with E-state index in [1.807, 2.05) is 0 Å².